The number of aliphatic hydroxyl groups is 1. The molecule has 134 valence electrons. The fourth-order valence-electron chi connectivity index (χ4n) is 1.77. The highest BCUT2D eigenvalue weighted by Gasteiger charge is 2.35. The minimum absolute atomic E-state index is 0.200. The van der Waals surface area contributed by atoms with E-state index in [0.717, 1.165) is 22.9 Å². The molecule has 3 atom stereocenters. The fourth-order valence-corrected chi connectivity index (χ4v) is 3.33. The van der Waals surface area contributed by atoms with E-state index in [2.05, 4.69) is 8.83 Å². The number of nitrogens with zero attached hydrogens (tertiary/aromatic N) is 1. The number of rotatable bonds is 6. The number of nitrogens with one attached hydrogen (secondary N) is 1. The van der Waals surface area contributed by atoms with E-state index in [-0.39, 0.29) is 5.76 Å². The van der Waals surface area contributed by atoms with Gasteiger partial charge in [0, 0.05) is 12.3 Å². The van der Waals surface area contributed by atoms with Gasteiger partial charge in [-0.05, 0) is 6.08 Å². The summed E-state index contributed by atoms with van der Waals surface area (Å²) in [6.45, 7) is -0.778. The topological polar surface area (TPSA) is 198 Å². The molecule has 0 aliphatic carbocycles. The van der Waals surface area contributed by atoms with Crippen molar-refractivity contribution in [1.29, 1.82) is 0 Å². The Morgan fingerprint density at radius 3 is 2.54 bits per heavy atom. The fraction of sp³-hybridized carbons (Fsp3) is 0.333. The molecule has 1 unspecified atom stereocenters. The first-order valence-electron chi connectivity index (χ1n) is 6.08. The number of aromatic nitrogens is 2. The van der Waals surface area contributed by atoms with E-state index >= 15 is 0 Å². The monoisotopic (exact) mass is 386 g/mol. The maximum atomic E-state index is 11.6. The minimum atomic E-state index is -5.26. The highest BCUT2D eigenvalue weighted by molar-refractivity contribution is 7.60. The predicted molar refractivity (Wildman–Crippen MR) is 74.4 cm³/mol. The van der Waals surface area contributed by atoms with Gasteiger partial charge in [0.2, 0.25) is 6.23 Å². The normalized spacial score (nSPS) is 23.4. The molecule has 0 amide bonds. The summed E-state index contributed by atoms with van der Waals surface area (Å²) < 4.78 is 35.7. The summed E-state index contributed by atoms with van der Waals surface area (Å²) in [7, 11) is -10.3. The average molecular weight is 386 g/mol. The van der Waals surface area contributed by atoms with Crippen LogP contribution in [0, 0.1) is 0 Å². The summed E-state index contributed by atoms with van der Waals surface area (Å²) >= 11 is 0. The van der Waals surface area contributed by atoms with Crippen LogP contribution in [0.25, 0.3) is 0 Å². The van der Waals surface area contributed by atoms with Crippen molar-refractivity contribution in [3.05, 3.63) is 44.9 Å². The van der Waals surface area contributed by atoms with Gasteiger partial charge in [-0.15, -0.1) is 0 Å². The lowest BCUT2D eigenvalue weighted by atomic mass is 10.3. The van der Waals surface area contributed by atoms with Crippen molar-refractivity contribution in [1.82, 2.24) is 9.55 Å². The molecule has 0 fully saturated rings. The lowest BCUT2D eigenvalue weighted by molar-refractivity contribution is -0.0104. The Hall–Kier alpha value is -1.56. The molecule has 24 heavy (non-hydrogen) atoms. The van der Waals surface area contributed by atoms with Crippen LogP contribution in [0.4, 0.5) is 0 Å². The van der Waals surface area contributed by atoms with Gasteiger partial charge in [-0.25, -0.2) is 13.9 Å². The first-order chi connectivity index (χ1) is 11.0. The van der Waals surface area contributed by atoms with Gasteiger partial charge in [-0.3, -0.25) is 18.9 Å². The molecule has 1 aromatic rings. The number of phosphoric acid groups is 2. The summed E-state index contributed by atoms with van der Waals surface area (Å²) in [4.78, 5) is 50.6. The van der Waals surface area contributed by atoms with Crippen molar-refractivity contribution in [3.63, 3.8) is 0 Å². The number of H-pyrrole nitrogens is 1. The lowest BCUT2D eigenvalue weighted by Crippen LogP contribution is -2.35. The molecule has 2 rings (SSSR count). The summed E-state index contributed by atoms with van der Waals surface area (Å²) in [5, 5.41) is 9.83. The van der Waals surface area contributed by atoms with Crippen LogP contribution in [-0.4, -0.2) is 42.0 Å². The molecular formula is C9H12N2O11P2. The molecule has 0 saturated heterocycles. The van der Waals surface area contributed by atoms with Crippen molar-refractivity contribution >= 4 is 15.6 Å². The van der Waals surface area contributed by atoms with Crippen molar-refractivity contribution in [2.75, 3.05) is 6.61 Å². The molecule has 1 aliphatic rings. The van der Waals surface area contributed by atoms with Crippen LogP contribution in [0.2, 0.25) is 0 Å². The van der Waals surface area contributed by atoms with Crippen LogP contribution in [0.3, 0.4) is 0 Å². The van der Waals surface area contributed by atoms with Gasteiger partial charge in [-0.1, -0.05) is 0 Å². The quantitative estimate of drug-likeness (QED) is 0.358. The van der Waals surface area contributed by atoms with Gasteiger partial charge in [-0.2, -0.15) is 4.31 Å². The number of ether oxygens (including phenoxy) is 1. The van der Waals surface area contributed by atoms with E-state index < -0.39 is 45.8 Å². The molecule has 0 saturated carbocycles. The molecule has 5 N–H and O–H groups in total. The van der Waals surface area contributed by atoms with E-state index in [1.54, 1.807) is 0 Å². The highest BCUT2D eigenvalue weighted by atomic mass is 31.3. The standard InChI is InChI=1S/C9H12N2O11P2/c12-6-3-5(4-20-24(18,19)22-23(15,16)17)21-8(6)11-2-1-7(13)10-9(11)14/h1-3,6,8,12H,4H2,(H,18,19)(H,10,13,14)(H2,15,16,17)/t6-,8-/m1/s1. The third-order valence-corrected chi connectivity index (χ3v) is 4.76. The number of hydrogen-bond donors (Lipinski definition) is 5. The molecule has 1 aromatic heterocycles. The molecule has 0 radical (unpaired) electrons. The molecule has 0 aromatic carbocycles. The Bertz CT molecular complexity index is 852. The van der Waals surface area contributed by atoms with E-state index in [0.29, 0.717) is 0 Å². The molecule has 15 heteroatoms. The van der Waals surface area contributed by atoms with E-state index in [1.165, 1.54) is 0 Å². The van der Waals surface area contributed by atoms with Gasteiger partial charge >= 0.3 is 21.3 Å². The third-order valence-electron chi connectivity index (χ3n) is 2.63. The van der Waals surface area contributed by atoms with E-state index in [4.69, 9.17) is 19.4 Å². The summed E-state index contributed by atoms with van der Waals surface area (Å²) in [5.41, 5.74) is -1.52. The summed E-state index contributed by atoms with van der Waals surface area (Å²) in [6.07, 6.45) is -0.512. The van der Waals surface area contributed by atoms with Crippen LogP contribution >= 0.6 is 15.6 Å². The van der Waals surface area contributed by atoms with Crippen molar-refractivity contribution in [2.45, 2.75) is 12.3 Å². The Morgan fingerprint density at radius 2 is 1.96 bits per heavy atom. The Kier molecular flexibility index (Phi) is 5.28. The van der Waals surface area contributed by atoms with Crippen molar-refractivity contribution in [3.8, 4) is 0 Å². The zero-order valence-electron chi connectivity index (χ0n) is 11.6. The Morgan fingerprint density at radius 1 is 1.29 bits per heavy atom. The molecule has 1 aliphatic heterocycles. The van der Waals surface area contributed by atoms with Gasteiger partial charge in [0.05, 0.1) is 0 Å². The maximum Gasteiger partial charge on any atom is 0.481 e. The lowest BCUT2D eigenvalue weighted by Gasteiger charge is -2.18. The largest absolute Gasteiger partial charge is 0.481 e. The van der Waals surface area contributed by atoms with Crippen molar-refractivity contribution < 1.29 is 42.5 Å². The highest BCUT2D eigenvalue weighted by Crippen LogP contribution is 2.57. The molecular weight excluding hydrogens is 374 g/mol. The van der Waals surface area contributed by atoms with Crippen LogP contribution in [-0.2, 0) is 22.7 Å². The van der Waals surface area contributed by atoms with Crippen LogP contribution in [0.15, 0.2) is 33.7 Å². The van der Waals surface area contributed by atoms with E-state index in [1.807, 2.05) is 4.98 Å². The average Bonchev–Trinajstić information content (AvgIpc) is 2.75. The first-order valence-corrected chi connectivity index (χ1v) is 9.10. The predicted octanol–water partition coefficient (Wildman–Crippen LogP) is -1.46. The number of aromatic amines is 1. The second kappa shape index (κ2) is 6.75. The van der Waals surface area contributed by atoms with Crippen molar-refractivity contribution in [2.24, 2.45) is 0 Å². The maximum absolute atomic E-state index is 11.6. The SMILES string of the molecule is O=c1ccn([C@@H]2OC(COP(=O)(O)OP(=O)(O)O)=C[C@H]2O)c(=O)[nH]1. The number of aliphatic hydroxyl groups excluding tert-OH is 1. The molecule has 13 nitrogen and oxygen atoms in total. The Balaban J connectivity index is 2.04. The van der Waals surface area contributed by atoms with Gasteiger partial charge in [0.25, 0.3) is 5.56 Å². The summed E-state index contributed by atoms with van der Waals surface area (Å²) in [6, 6.07) is 1.02. The summed E-state index contributed by atoms with van der Waals surface area (Å²) in [5.74, 6) is -0.200. The Labute approximate surface area is 132 Å². The first kappa shape index (κ1) is 18.8. The second-order valence-electron chi connectivity index (χ2n) is 4.46. The van der Waals surface area contributed by atoms with Crippen LogP contribution in [0.1, 0.15) is 6.23 Å². The second-order valence-corrected chi connectivity index (χ2v) is 7.29. The van der Waals surface area contributed by atoms with Gasteiger partial charge in [0.1, 0.15) is 18.5 Å². The molecule has 0 spiro atoms. The van der Waals surface area contributed by atoms with Crippen LogP contribution in [0.5, 0.6) is 0 Å². The zero-order chi connectivity index (χ0) is 18.1. The zero-order valence-corrected chi connectivity index (χ0v) is 13.4. The minimum Gasteiger partial charge on any atom is -0.469 e. The number of phosphoric ester groups is 1. The van der Waals surface area contributed by atoms with Crippen LogP contribution < -0.4 is 11.2 Å². The molecule has 0 bridgehead atoms. The number of hydrogen-bond acceptors (Lipinski definition) is 8. The van der Waals surface area contributed by atoms with Gasteiger partial charge in [0.15, 0.2) is 0 Å². The van der Waals surface area contributed by atoms with E-state index in [9.17, 15) is 23.8 Å². The van der Waals surface area contributed by atoms with Gasteiger partial charge < -0.3 is 24.5 Å². The smallest absolute Gasteiger partial charge is 0.469 e. The molecule has 2 heterocycles. The third kappa shape index (κ3) is 4.97.